The first-order valence-electron chi connectivity index (χ1n) is 5.91. The third-order valence-electron chi connectivity index (χ3n) is 2.70. The van der Waals surface area contributed by atoms with E-state index in [1.54, 1.807) is 0 Å². The van der Waals surface area contributed by atoms with Crippen LogP contribution in [0.1, 0.15) is 48.0 Å². The van der Waals surface area contributed by atoms with Crippen molar-refractivity contribution >= 4 is 5.91 Å². The van der Waals surface area contributed by atoms with Gasteiger partial charge in [0.05, 0.1) is 13.2 Å². The number of rotatable bonds is 5. The summed E-state index contributed by atoms with van der Waals surface area (Å²) in [5.74, 6) is -0.0726. The number of allylic oxidation sites excluding steroid dienone is 2. The molecule has 1 amide bonds. The molecule has 0 bridgehead atoms. The molecule has 0 saturated carbocycles. The Bertz CT molecular complexity index is 321. The van der Waals surface area contributed by atoms with Gasteiger partial charge in [0.2, 0.25) is 5.91 Å². The van der Waals surface area contributed by atoms with E-state index in [0.717, 1.165) is 6.42 Å². The number of carbonyl (C=O) groups excluding carboxylic acids is 1. The van der Waals surface area contributed by atoms with Crippen LogP contribution in [0, 0.1) is 0 Å². The standard InChI is InChI=1S/C14H25NO2/c1-10(2)8-14(9-12(5)11(3)4)15(17-7)13(6)16/h8,14H,9H2,1-7H3. The van der Waals surface area contributed by atoms with Crippen LogP contribution in [0.4, 0.5) is 0 Å². The van der Waals surface area contributed by atoms with Crippen molar-refractivity contribution in [3.05, 3.63) is 22.8 Å². The monoisotopic (exact) mass is 239 g/mol. The molecule has 0 spiro atoms. The van der Waals surface area contributed by atoms with Crippen LogP contribution < -0.4 is 0 Å². The molecule has 0 aromatic heterocycles. The first-order chi connectivity index (χ1) is 7.79. The van der Waals surface area contributed by atoms with E-state index in [4.69, 9.17) is 4.84 Å². The zero-order chi connectivity index (χ0) is 13.6. The predicted octanol–water partition coefficient (Wildman–Crippen LogP) is 3.48. The Morgan fingerprint density at radius 1 is 1.18 bits per heavy atom. The maximum atomic E-state index is 11.5. The van der Waals surface area contributed by atoms with Crippen LogP contribution in [0.5, 0.6) is 0 Å². The highest BCUT2D eigenvalue weighted by Crippen LogP contribution is 2.17. The van der Waals surface area contributed by atoms with Gasteiger partial charge in [0.1, 0.15) is 0 Å². The summed E-state index contributed by atoms with van der Waals surface area (Å²) in [6, 6.07) is -0.0302. The molecule has 0 fully saturated rings. The first-order valence-corrected chi connectivity index (χ1v) is 5.91. The second kappa shape index (κ2) is 7.28. The molecule has 0 aliphatic rings. The summed E-state index contributed by atoms with van der Waals surface area (Å²) in [7, 11) is 1.53. The predicted molar refractivity (Wildman–Crippen MR) is 71.4 cm³/mol. The molecule has 0 heterocycles. The molecule has 0 aliphatic heterocycles. The van der Waals surface area contributed by atoms with Gasteiger partial charge in [-0.15, -0.1) is 0 Å². The molecule has 0 radical (unpaired) electrons. The van der Waals surface area contributed by atoms with Gasteiger partial charge in [-0.05, 0) is 41.0 Å². The Labute approximate surface area is 105 Å². The molecular weight excluding hydrogens is 214 g/mol. The normalized spacial score (nSPS) is 11.7. The fraction of sp³-hybridized carbons (Fsp3) is 0.643. The van der Waals surface area contributed by atoms with Crippen LogP contribution >= 0.6 is 0 Å². The minimum absolute atomic E-state index is 0.0302. The Morgan fingerprint density at radius 3 is 2.00 bits per heavy atom. The van der Waals surface area contributed by atoms with E-state index < -0.39 is 0 Å². The average Bonchev–Trinajstić information content (AvgIpc) is 2.16. The highest BCUT2D eigenvalue weighted by Gasteiger charge is 2.19. The van der Waals surface area contributed by atoms with Crippen molar-refractivity contribution in [2.45, 2.75) is 54.0 Å². The smallest absolute Gasteiger partial charge is 0.243 e. The van der Waals surface area contributed by atoms with E-state index >= 15 is 0 Å². The highest BCUT2D eigenvalue weighted by molar-refractivity contribution is 5.72. The van der Waals surface area contributed by atoms with E-state index in [1.807, 2.05) is 13.8 Å². The molecular formula is C14H25NO2. The molecule has 3 nitrogen and oxygen atoms in total. The maximum Gasteiger partial charge on any atom is 0.243 e. The second-order valence-corrected chi connectivity index (χ2v) is 4.82. The van der Waals surface area contributed by atoms with Crippen LogP contribution in [0.15, 0.2) is 22.8 Å². The molecule has 1 unspecified atom stereocenters. The topological polar surface area (TPSA) is 29.5 Å². The van der Waals surface area contributed by atoms with Gasteiger partial charge < -0.3 is 0 Å². The molecule has 0 aromatic carbocycles. The summed E-state index contributed by atoms with van der Waals surface area (Å²) in [4.78, 5) is 16.7. The minimum atomic E-state index is -0.0726. The Morgan fingerprint density at radius 2 is 1.71 bits per heavy atom. The fourth-order valence-electron chi connectivity index (χ4n) is 1.61. The first kappa shape index (κ1) is 15.9. The largest absolute Gasteiger partial charge is 0.274 e. The van der Waals surface area contributed by atoms with Gasteiger partial charge in [0, 0.05) is 6.92 Å². The molecule has 17 heavy (non-hydrogen) atoms. The zero-order valence-electron chi connectivity index (χ0n) is 12.1. The van der Waals surface area contributed by atoms with Crippen LogP contribution in [0.3, 0.4) is 0 Å². The van der Waals surface area contributed by atoms with Crippen molar-refractivity contribution < 1.29 is 9.63 Å². The van der Waals surface area contributed by atoms with Crippen molar-refractivity contribution in [3.63, 3.8) is 0 Å². The average molecular weight is 239 g/mol. The third-order valence-corrected chi connectivity index (χ3v) is 2.70. The van der Waals surface area contributed by atoms with Crippen molar-refractivity contribution in [3.8, 4) is 0 Å². The molecule has 0 aliphatic carbocycles. The molecule has 0 rings (SSSR count). The quantitative estimate of drug-likeness (QED) is 0.543. The van der Waals surface area contributed by atoms with Gasteiger partial charge in [-0.2, -0.15) is 0 Å². The van der Waals surface area contributed by atoms with Crippen LogP contribution in [-0.4, -0.2) is 24.1 Å². The Kier molecular flexibility index (Phi) is 6.81. The van der Waals surface area contributed by atoms with Gasteiger partial charge >= 0.3 is 0 Å². The number of carbonyl (C=O) groups is 1. The molecule has 0 saturated heterocycles. The lowest BCUT2D eigenvalue weighted by Crippen LogP contribution is -2.37. The van der Waals surface area contributed by atoms with Gasteiger partial charge in [-0.1, -0.05) is 22.8 Å². The Balaban J connectivity index is 5.07. The van der Waals surface area contributed by atoms with Crippen LogP contribution in [0.25, 0.3) is 0 Å². The van der Waals surface area contributed by atoms with Crippen LogP contribution in [0.2, 0.25) is 0 Å². The summed E-state index contributed by atoms with van der Waals surface area (Å²) in [6.45, 7) is 11.8. The van der Waals surface area contributed by atoms with E-state index in [1.165, 1.54) is 35.8 Å². The summed E-state index contributed by atoms with van der Waals surface area (Å²) in [5, 5.41) is 1.43. The summed E-state index contributed by atoms with van der Waals surface area (Å²) < 4.78 is 0. The number of nitrogens with zero attached hydrogens (tertiary/aromatic N) is 1. The van der Waals surface area contributed by atoms with Crippen molar-refractivity contribution in [1.82, 2.24) is 5.06 Å². The molecule has 1 atom stereocenters. The summed E-state index contributed by atoms with van der Waals surface area (Å²) >= 11 is 0. The lowest BCUT2D eigenvalue weighted by Gasteiger charge is -2.27. The Hall–Kier alpha value is -1.09. The third kappa shape index (κ3) is 5.68. The van der Waals surface area contributed by atoms with Gasteiger partial charge in [-0.3, -0.25) is 9.63 Å². The minimum Gasteiger partial charge on any atom is -0.274 e. The summed E-state index contributed by atoms with van der Waals surface area (Å²) in [5.41, 5.74) is 3.76. The number of hydrogen-bond acceptors (Lipinski definition) is 2. The number of amides is 1. The van der Waals surface area contributed by atoms with Gasteiger partial charge in [-0.25, -0.2) is 5.06 Å². The van der Waals surface area contributed by atoms with Gasteiger partial charge in [0.15, 0.2) is 0 Å². The lowest BCUT2D eigenvalue weighted by molar-refractivity contribution is -0.181. The summed E-state index contributed by atoms with van der Waals surface area (Å²) in [6.07, 6.45) is 2.87. The zero-order valence-corrected chi connectivity index (χ0v) is 12.1. The van der Waals surface area contributed by atoms with Crippen molar-refractivity contribution in [2.24, 2.45) is 0 Å². The van der Waals surface area contributed by atoms with E-state index in [0.29, 0.717) is 0 Å². The van der Waals surface area contributed by atoms with Crippen LogP contribution in [-0.2, 0) is 9.63 Å². The molecule has 3 heteroatoms. The van der Waals surface area contributed by atoms with Gasteiger partial charge in [0.25, 0.3) is 0 Å². The van der Waals surface area contributed by atoms with E-state index in [2.05, 4.69) is 26.8 Å². The van der Waals surface area contributed by atoms with Crippen molar-refractivity contribution in [1.29, 1.82) is 0 Å². The van der Waals surface area contributed by atoms with Crippen molar-refractivity contribution in [2.75, 3.05) is 7.11 Å². The molecule has 0 aromatic rings. The maximum absolute atomic E-state index is 11.5. The SMILES string of the molecule is CON(C(C)=O)C(C=C(C)C)CC(C)=C(C)C. The number of hydrogen-bond donors (Lipinski definition) is 0. The van der Waals surface area contributed by atoms with E-state index in [-0.39, 0.29) is 11.9 Å². The molecule has 0 N–H and O–H groups in total. The molecule has 98 valence electrons. The fourth-order valence-corrected chi connectivity index (χ4v) is 1.61. The second-order valence-electron chi connectivity index (χ2n) is 4.82. The lowest BCUT2D eigenvalue weighted by atomic mass is 10.0. The highest BCUT2D eigenvalue weighted by atomic mass is 16.7. The number of hydroxylamine groups is 2. The van der Waals surface area contributed by atoms with E-state index in [9.17, 15) is 4.79 Å².